The van der Waals surface area contributed by atoms with Crippen molar-refractivity contribution in [3.63, 3.8) is 0 Å². The summed E-state index contributed by atoms with van der Waals surface area (Å²) in [6.07, 6.45) is 2.48. The number of piperazine rings is 1. The minimum absolute atomic E-state index is 0.0436. The van der Waals surface area contributed by atoms with Crippen molar-refractivity contribution in [3.05, 3.63) is 48.2 Å². The average Bonchev–Trinajstić information content (AvgIpc) is 2.78. The fourth-order valence-electron chi connectivity index (χ4n) is 4.05. The number of carbonyl (C=O) groups is 1. The van der Waals surface area contributed by atoms with Crippen LogP contribution in [0.1, 0.15) is 16.8 Å². The molecule has 0 aliphatic carbocycles. The molecule has 30 heavy (non-hydrogen) atoms. The van der Waals surface area contributed by atoms with Gasteiger partial charge in [-0.05, 0) is 37.2 Å². The van der Waals surface area contributed by atoms with E-state index < -0.39 is 10.0 Å². The van der Waals surface area contributed by atoms with Crippen molar-refractivity contribution in [2.75, 3.05) is 57.8 Å². The van der Waals surface area contributed by atoms with Crippen molar-refractivity contribution in [1.29, 1.82) is 0 Å². The smallest absolute Gasteiger partial charge is 0.244 e. The first-order valence-electron chi connectivity index (χ1n) is 10.1. The summed E-state index contributed by atoms with van der Waals surface area (Å²) < 4.78 is 32.5. The van der Waals surface area contributed by atoms with Gasteiger partial charge in [-0.15, -0.1) is 0 Å². The van der Waals surface area contributed by atoms with Gasteiger partial charge in [0, 0.05) is 38.9 Å². The van der Waals surface area contributed by atoms with Crippen molar-refractivity contribution < 1.29 is 17.9 Å². The third-order valence-corrected chi connectivity index (χ3v) is 7.54. The molecular weight excluding hydrogens is 404 g/mol. The summed E-state index contributed by atoms with van der Waals surface area (Å²) in [5.74, 6) is 1.08. The van der Waals surface area contributed by atoms with Gasteiger partial charge in [0.25, 0.3) is 0 Å². The zero-order valence-electron chi connectivity index (χ0n) is 17.0. The maximum absolute atomic E-state index is 13.0. The lowest BCUT2D eigenvalue weighted by Gasteiger charge is -2.35. The van der Waals surface area contributed by atoms with E-state index in [1.165, 1.54) is 17.5 Å². The molecule has 0 amide bonds. The highest BCUT2D eigenvalue weighted by Gasteiger charge is 2.37. The molecule has 8 nitrogen and oxygen atoms in total. The number of hydrogen-bond donors (Lipinski definition) is 0. The van der Waals surface area contributed by atoms with E-state index in [2.05, 4.69) is 14.8 Å². The van der Waals surface area contributed by atoms with E-state index in [-0.39, 0.29) is 22.8 Å². The molecule has 1 fully saturated rings. The number of methoxy groups -OCH3 is 1. The Morgan fingerprint density at radius 3 is 2.53 bits per heavy atom. The van der Waals surface area contributed by atoms with Crippen LogP contribution in [0.2, 0.25) is 0 Å². The SMILES string of the molecule is COc1cccc2c1C(=O)CN(CCCN1CCN(c3ccccn3)CC1)S2(=O)=O. The number of Topliss-reactive ketones (excluding diaryl/α,β-unsaturated/α-hetero) is 1. The molecule has 0 unspecified atom stereocenters. The monoisotopic (exact) mass is 430 g/mol. The minimum atomic E-state index is -3.70. The van der Waals surface area contributed by atoms with Crippen molar-refractivity contribution in [1.82, 2.24) is 14.2 Å². The molecule has 0 N–H and O–H groups in total. The summed E-state index contributed by atoms with van der Waals surface area (Å²) in [4.78, 5) is 21.6. The number of benzene rings is 1. The number of carbonyl (C=O) groups excluding carboxylic acids is 1. The van der Waals surface area contributed by atoms with Crippen LogP contribution in [0.3, 0.4) is 0 Å². The van der Waals surface area contributed by atoms with E-state index in [9.17, 15) is 13.2 Å². The molecule has 1 aromatic heterocycles. The van der Waals surface area contributed by atoms with Crippen LogP contribution in [0.5, 0.6) is 5.75 Å². The number of ketones is 1. The van der Waals surface area contributed by atoms with Crippen LogP contribution in [-0.2, 0) is 10.0 Å². The largest absolute Gasteiger partial charge is 0.496 e. The minimum Gasteiger partial charge on any atom is -0.496 e. The maximum atomic E-state index is 13.0. The highest BCUT2D eigenvalue weighted by molar-refractivity contribution is 7.89. The zero-order valence-corrected chi connectivity index (χ0v) is 17.8. The van der Waals surface area contributed by atoms with E-state index >= 15 is 0 Å². The summed E-state index contributed by atoms with van der Waals surface area (Å²) in [5.41, 5.74) is 0.168. The Hall–Kier alpha value is -2.49. The van der Waals surface area contributed by atoms with Crippen LogP contribution in [0.25, 0.3) is 0 Å². The fraction of sp³-hybridized carbons (Fsp3) is 0.429. The highest BCUT2D eigenvalue weighted by Crippen LogP contribution is 2.32. The number of pyridine rings is 1. The summed E-state index contributed by atoms with van der Waals surface area (Å²) in [6.45, 7) is 4.58. The van der Waals surface area contributed by atoms with Gasteiger partial charge in [-0.3, -0.25) is 9.69 Å². The predicted octanol–water partition coefficient (Wildman–Crippen LogP) is 1.49. The molecule has 1 saturated heterocycles. The Morgan fingerprint density at radius 1 is 1.03 bits per heavy atom. The molecule has 1 aromatic carbocycles. The second-order valence-electron chi connectivity index (χ2n) is 7.47. The first-order chi connectivity index (χ1) is 14.5. The van der Waals surface area contributed by atoms with E-state index in [1.54, 1.807) is 18.3 Å². The second-order valence-corrected chi connectivity index (χ2v) is 9.37. The Balaban J connectivity index is 1.33. The molecule has 0 radical (unpaired) electrons. The number of aromatic nitrogens is 1. The molecule has 0 bridgehead atoms. The van der Waals surface area contributed by atoms with Gasteiger partial charge in [0.2, 0.25) is 10.0 Å². The van der Waals surface area contributed by atoms with Gasteiger partial charge in [-0.25, -0.2) is 13.4 Å². The van der Waals surface area contributed by atoms with Crippen LogP contribution in [-0.4, -0.2) is 81.3 Å². The molecule has 0 saturated carbocycles. The summed E-state index contributed by atoms with van der Waals surface area (Å²) in [7, 11) is -2.26. The Kier molecular flexibility index (Phi) is 6.03. The van der Waals surface area contributed by atoms with Gasteiger partial charge in [0.05, 0.1) is 24.1 Å². The number of ether oxygens (including phenoxy) is 1. The van der Waals surface area contributed by atoms with Crippen LogP contribution >= 0.6 is 0 Å². The topological polar surface area (TPSA) is 83.1 Å². The Labute approximate surface area is 177 Å². The maximum Gasteiger partial charge on any atom is 0.244 e. The number of anilines is 1. The normalized spacial score (nSPS) is 19.5. The summed E-state index contributed by atoms with van der Waals surface area (Å²) in [5, 5.41) is 0. The van der Waals surface area contributed by atoms with E-state index in [4.69, 9.17) is 4.74 Å². The molecule has 9 heteroatoms. The average molecular weight is 431 g/mol. The number of hydrogen-bond acceptors (Lipinski definition) is 7. The number of rotatable bonds is 6. The van der Waals surface area contributed by atoms with Crippen molar-refractivity contribution in [2.45, 2.75) is 11.3 Å². The molecule has 2 aliphatic rings. The fourth-order valence-corrected chi connectivity index (χ4v) is 5.70. The molecule has 160 valence electrons. The third kappa shape index (κ3) is 4.05. The van der Waals surface area contributed by atoms with E-state index in [0.717, 1.165) is 38.5 Å². The van der Waals surface area contributed by atoms with Crippen LogP contribution in [0.4, 0.5) is 5.82 Å². The summed E-state index contributed by atoms with van der Waals surface area (Å²) in [6, 6.07) is 10.6. The van der Waals surface area contributed by atoms with Gasteiger partial charge in [-0.1, -0.05) is 12.1 Å². The number of sulfonamides is 1. The number of nitrogens with zero attached hydrogens (tertiary/aromatic N) is 4. The predicted molar refractivity (Wildman–Crippen MR) is 114 cm³/mol. The lowest BCUT2D eigenvalue weighted by Crippen LogP contribution is -2.48. The van der Waals surface area contributed by atoms with Gasteiger partial charge >= 0.3 is 0 Å². The van der Waals surface area contributed by atoms with Gasteiger partial charge < -0.3 is 9.64 Å². The van der Waals surface area contributed by atoms with Gasteiger partial charge in [0.15, 0.2) is 5.78 Å². The van der Waals surface area contributed by atoms with Crippen molar-refractivity contribution in [3.8, 4) is 5.75 Å². The standard InChI is InChI=1S/C21H26N4O4S/c1-29-18-6-4-7-19-21(18)17(26)16-25(30(19,27)28)11-5-10-23-12-14-24(15-13-23)20-8-2-3-9-22-20/h2-4,6-9H,5,10-16H2,1H3. The molecule has 0 spiro atoms. The first-order valence-corrected chi connectivity index (χ1v) is 11.5. The van der Waals surface area contributed by atoms with Gasteiger partial charge in [0.1, 0.15) is 11.6 Å². The van der Waals surface area contributed by atoms with Crippen LogP contribution in [0.15, 0.2) is 47.5 Å². The molecule has 4 rings (SSSR count). The molecular formula is C21H26N4O4S. The Morgan fingerprint density at radius 2 is 1.83 bits per heavy atom. The van der Waals surface area contributed by atoms with Crippen molar-refractivity contribution >= 4 is 21.6 Å². The first kappa shape index (κ1) is 20.8. The summed E-state index contributed by atoms with van der Waals surface area (Å²) >= 11 is 0. The molecule has 2 aliphatic heterocycles. The van der Waals surface area contributed by atoms with Gasteiger partial charge in [-0.2, -0.15) is 4.31 Å². The van der Waals surface area contributed by atoms with E-state index in [1.807, 2.05) is 18.2 Å². The lowest BCUT2D eigenvalue weighted by molar-refractivity contribution is 0.0950. The highest BCUT2D eigenvalue weighted by atomic mass is 32.2. The van der Waals surface area contributed by atoms with Crippen LogP contribution in [0, 0.1) is 0 Å². The molecule has 0 atom stereocenters. The van der Waals surface area contributed by atoms with Crippen molar-refractivity contribution in [2.24, 2.45) is 0 Å². The van der Waals surface area contributed by atoms with E-state index in [0.29, 0.717) is 18.7 Å². The molecule has 2 aromatic rings. The number of fused-ring (bicyclic) bond motifs is 1. The quantitative estimate of drug-likeness (QED) is 0.687. The Bertz CT molecular complexity index is 1000. The van der Waals surface area contributed by atoms with Crippen LogP contribution < -0.4 is 9.64 Å². The lowest BCUT2D eigenvalue weighted by atomic mass is 10.1. The second kappa shape index (κ2) is 8.71. The molecule has 3 heterocycles. The zero-order chi connectivity index (χ0) is 21.1. The third-order valence-electron chi connectivity index (χ3n) is 5.65.